The molecule has 0 bridgehead atoms. The van der Waals surface area contributed by atoms with Crippen molar-refractivity contribution >= 4 is 30.1 Å². The number of morpholine rings is 1. The minimum atomic E-state index is -0.157. The van der Waals surface area contributed by atoms with Crippen molar-refractivity contribution < 1.29 is 13.9 Å². The Hall–Kier alpha value is -2.21. The fourth-order valence-corrected chi connectivity index (χ4v) is 5.43. The largest absolute Gasteiger partial charge is 0.379 e. The Morgan fingerprint density at radius 3 is 2.49 bits per heavy atom. The third-order valence-electron chi connectivity index (χ3n) is 7.09. The van der Waals surface area contributed by atoms with E-state index >= 15 is 0 Å². The predicted octanol–water partition coefficient (Wildman–Crippen LogP) is 5.83. The molecule has 190 valence electrons. The maximum atomic E-state index is 14.2. The van der Waals surface area contributed by atoms with Gasteiger partial charge in [0.15, 0.2) is 0 Å². The minimum Gasteiger partial charge on any atom is -0.379 e. The van der Waals surface area contributed by atoms with Crippen molar-refractivity contribution in [1.82, 2.24) is 4.90 Å². The van der Waals surface area contributed by atoms with Crippen LogP contribution in [0.1, 0.15) is 42.0 Å². The summed E-state index contributed by atoms with van der Waals surface area (Å²) >= 11 is 0. The van der Waals surface area contributed by atoms with Gasteiger partial charge in [-0.25, -0.2) is 4.39 Å². The maximum absolute atomic E-state index is 14.2. The second kappa shape index (κ2) is 12.7. The quantitative estimate of drug-likeness (QED) is 0.479. The van der Waals surface area contributed by atoms with Crippen LogP contribution in [0.2, 0.25) is 0 Å². The molecule has 0 N–H and O–H groups in total. The van der Waals surface area contributed by atoms with Gasteiger partial charge in [0.05, 0.1) is 13.2 Å². The zero-order valence-electron chi connectivity index (χ0n) is 21.1. The Bertz CT molecular complexity index is 1010. The van der Waals surface area contributed by atoms with E-state index < -0.39 is 0 Å². The number of hydrogen-bond acceptors (Lipinski definition) is 3. The number of piperidine rings is 1. The highest BCUT2D eigenvalue weighted by Crippen LogP contribution is 2.34. The van der Waals surface area contributed by atoms with Crippen molar-refractivity contribution in [2.45, 2.75) is 40.0 Å². The monoisotopic (exact) mass is 500 g/mol. The molecule has 0 spiro atoms. The molecule has 0 unspecified atom stereocenters. The molecule has 2 fully saturated rings. The topological polar surface area (TPSA) is 32.8 Å². The molecular formula is C29H38ClFN2O2. The number of hydrogen-bond donors (Lipinski definition) is 0. The molecule has 2 saturated heterocycles. The highest BCUT2D eigenvalue weighted by Gasteiger charge is 2.34. The van der Waals surface area contributed by atoms with Crippen LogP contribution in [-0.2, 0) is 16.0 Å². The van der Waals surface area contributed by atoms with E-state index in [0.717, 1.165) is 68.1 Å². The van der Waals surface area contributed by atoms with E-state index in [9.17, 15) is 9.18 Å². The van der Waals surface area contributed by atoms with E-state index in [1.165, 1.54) is 11.6 Å². The molecule has 6 heteroatoms. The molecule has 4 rings (SSSR count). The van der Waals surface area contributed by atoms with Crippen LogP contribution in [0.25, 0.3) is 6.08 Å². The van der Waals surface area contributed by atoms with Crippen LogP contribution in [0.4, 0.5) is 10.1 Å². The number of anilines is 1. The number of nitrogens with zero attached hydrogens (tertiary/aromatic N) is 2. The normalized spacial score (nSPS) is 21.4. The molecule has 1 amide bonds. The van der Waals surface area contributed by atoms with Crippen molar-refractivity contribution in [3.63, 3.8) is 0 Å². The highest BCUT2D eigenvalue weighted by molar-refractivity contribution is 5.97. The lowest BCUT2D eigenvalue weighted by molar-refractivity contribution is -0.124. The Morgan fingerprint density at radius 1 is 1.11 bits per heavy atom. The van der Waals surface area contributed by atoms with E-state index in [0.29, 0.717) is 13.0 Å². The van der Waals surface area contributed by atoms with Crippen LogP contribution in [0, 0.1) is 31.5 Å². The number of halogens is 2. The summed E-state index contributed by atoms with van der Waals surface area (Å²) in [6.45, 7) is 11.6. The first-order chi connectivity index (χ1) is 16.4. The summed E-state index contributed by atoms with van der Waals surface area (Å²) in [6.07, 6.45) is 6.89. The molecule has 2 aromatic carbocycles. The number of aryl methyl sites for hydroxylation is 2. The van der Waals surface area contributed by atoms with Crippen molar-refractivity contribution in [1.29, 1.82) is 0 Å². The predicted molar refractivity (Wildman–Crippen MR) is 144 cm³/mol. The van der Waals surface area contributed by atoms with Crippen LogP contribution >= 0.6 is 12.4 Å². The summed E-state index contributed by atoms with van der Waals surface area (Å²) in [6, 6.07) is 11.3. The van der Waals surface area contributed by atoms with Crippen molar-refractivity contribution in [2.24, 2.45) is 11.8 Å². The first-order valence-corrected chi connectivity index (χ1v) is 12.5. The molecule has 2 aliphatic rings. The third kappa shape index (κ3) is 6.93. The molecule has 0 saturated carbocycles. The molecule has 2 heterocycles. The summed E-state index contributed by atoms with van der Waals surface area (Å²) in [5, 5.41) is 0. The number of carbonyl (C=O) groups is 1. The van der Waals surface area contributed by atoms with Crippen molar-refractivity contribution in [3.8, 4) is 0 Å². The van der Waals surface area contributed by atoms with Crippen LogP contribution in [0.5, 0.6) is 0 Å². The minimum absolute atomic E-state index is 0. The molecular weight excluding hydrogens is 463 g/mol. The molecule has 0 aromatic heterocycles. The van der Waals surface area contributed by atoms with E-state index in [1.807, 2.05) is 24.0 Å². The van der Waals surface area contributed by atoms with E-state index in [1.54, 1.807) is 6.07 Å². The standard InChI is InChI=1S/C29H37FN2O2.ClH/c1-21-16-24(8-6-7-11-31-12-14-34-15-13-31)17-22(2)28(21)32-20-25(18-23(3)29(32)33)19-26-9-4-5-10-27(26)30;/h4-6,8-10,16-17,23,25H,7,11-15,18-20H2,1-3H3;1H/b8-6+;/t23-,25-;/m1./s1. The molecule has 0 aliphatic carbocycles. The first-order valence-electron chi connectivity index (χ1n) is 12.5. The lowest BCUT2D eigenvalue weighted by Gasteiger charge is -2.38. The Labute approximate surface area is 215 Å². The molecule has 2 atom stereocenters. The summed E-state index contributed by atoms with van der Waals surface area (Å²) in [4.78, 5) is 17.6. The third-order valence-corrected chi connectivity index (χ3v) is 7.09. The van der Waals surface area contributed by atoms with Gasteiger partial charge in [0.25, 0.3) is 0 Å². The highest BCUT2D eigenvalue weighted by atomic mass is 35.5. The summed E-state index contributed by atoms with van der Waals surface area (Å²) in [5.74, 6) is 0.188. The molecule has 2 aliphatic heterocycles. The average molecular weight is 501 g/mol. The van der Waals surface area contributed by atoms with Crippen LogP contribution < -0.4 is 4.90 Å². The number of ether oxygens (including phenoxy) is 1. The average Bonchev–Trinajstić information content (AvgIpc) is 2.81. The fourth-order valence-electron chi connectivity index (χ4n) is 5.43. The summed E-state index contributed by atoms with van der Waals surface area (Å²) in [5.41, 5.74) is 5.14. The lowest BCUT2D eigenvalue weighted by atomic mass is 9.84. The zero-order valence-corrected chi connectivity index (χ0v) is 22.0. The van der Waals surface area contributed by atoms with Crippen molar-refractivity contribution in [3.05, 3.63) is 70.5 Å². The Kier molecular flexibility index (Phi) is 9.90. The Balaban J connectivity index is 0.00000342. The van der Waals surface area contributed by atoms with Crippen LogP contribution in [0.15, 0.2) is 42.5 Å². The van der Waals surface area contributed by atoms with E-state index in [4.69, 9.17) is 4.74 Å². The summed E-state index contributed by atoms with van der Waals surface area (Å²) in [7, 11) is 0. The summed E-state index contributed by atoms with van der Waals surface area (Å²) < 4.78 is 19.7. The van der Waals surface area contributed by atoms with Gasteiger partial charge in [-0.3, -0.25) is 9.69 Å². The van der Waals surface area contributed by atoms with Gasteiger partial charge in [0.1, 0.15) is 5.82 Å². The van der Waals surface area contributed by atoms with Gasteiger partial charge in [0.2, 0.25) is 5.91 Å². The SMILES string of the molecule is Cc1cc(/C=C/CCN2CCOCC2)cc(C)c1N1C[C@@H](Cc2ccccc2F)C[C@@H](C)C1=O.Cl. The van der Waals surface area contributed by atoms with Gasteiger partial charge in [0, 0.05) is 37.8 Å². The molecule has 2 aromatic rings. The molecule has 35 heavy (non-hydrogen) atoms. The number of benzene rings is 2. The second-order valence-corrected chi connectivity index (χ2v) is 9.90. The number of carbonyl (C=O) groups excluding carboxylic acids is 1. The van der Waals surface area contributed by atoms with Gasteiger partial charge >= 0.3 is 0 Å². The Morgan fingerprint density at radius 2 is 1.80 bits per heavy atom. The van der Waals surface area contributed by atoms with Gasteiger partial charge in [-0.1, -0.05) is 37.3 Å². The number of rotatable bonds is 7. The first kappa shape index (κ1) is 27.4. The second-order valence-electron chi connectivity index (χ2n) is 9.90. The molecule has 0 radical (unpaired) electrons. The fraction of sp³-hybridized carbons (Fsp3) is 0.483. The number of amides is 1. The molecule has 4 nitrogen and oxygen atoms in total. The smallest absolute Gasteiger partial charge is 0.229 e. The van der Waals surface area contributed by atoms with E-state index in [-0.39, 0.29) is 36.0 Å². The van der Waals surface area contributed by atoms with Gasteiger partial charge in [-0.15, -0.1) is 12.4 Å². The van der Waals surface area contributed by atoms with Crippen LogP contribution in [-0.4, -0.2) is 50.2 Å². The van der Waals surface area contributed by atoms with Gasteiger partial charge in [-0.05, 0) is 79.5 Å². The van der Waals surface area contributed by atoms with Crippen LogP contribution in [0.3, 0.4) is 0 Å². The maximum Gasteiger partial charge on any atom is 0.229 e. The van der Waals surface area contributed by atoms with Gasteiger partial charge < -0.3 is 9.64 Å². The lowest BCUT2D eigenvalue weighted by Crippen LogP contribution is -2.46. The van der Waals surface area contributed by atoms with E-state index in [2.05, 4.69) is 43.0 Å². The van der Waals surface area contributed by atoms with Gasteiger partial charge in [-0.2, -0.15) is 0 Å². The van der Waals surface area contributed by atoms with Crippen molar-refractivity contribution in [2.75, 3.05) is 44.3 Å². The zero-order chi connectivity index (χ0) is 24.1.